The molecule has 2 aromatic carbocycles. The van der Waals surface area contributed by atoms with Gasteiger partial charge in [0.1, 0.15) is 5.75 Å². The monoisotopic (exact) mass is 352 g/mol. The van der Waals surface area contributed by atoms with E-state index in [1.165, 1.54) is 0 Å². The Kier molecular flexibility index (Phi) is 6.56. The first kappa shape index (κ1) is 17.4. The first-order valence-corrected chi connectivity index (χ1v) is 8.06. The van der Waals surface area contributed by atoms with Gasteiger partial charge >= 0.3 is 0 Å². The number of halogens is 2. The lowest BCUT2D eigenvalue weighted by molar-refractivity contribution is -0.115. The number of benzene rings is 2. The maximum Gasteiger partial charge on any atom is 0.226 e. The molecule has 0 saturated carbocycles. The van der Waals surface area contributed by atoms with Gasteiger partial charge in [-0.3, -0.25) is 4.79 Å². The van der Waals surface area contributed by atoms with E-state index in [9.17, 15) is 4.79 Å². The van der Waals surface area contributed by atoms with Crippen LogP contribution in [0.2, 0.25) is 10.0 Å². The maximum atomic E-state index is 11.9. The normalized spacial score (nSPS) is 10.2. The van der Waals surface area contributed by atoms with Gasteiger partial charge in [-0.2, -0.15) is 0 Å². The third-order valence-electron chi connectivity index (χ3n) is 3.07. The second-order valence-electron chi connectivity index (χ2n) is 4.78. The number of carbonyl (C=O) groups is 1. The van der Waals surface area contributed by atoms with Gasteiger partial charge in [0, 0.05) is 18.7 Å². The molecule has 4 nitrogen and oxygen atoms in total. The molecule has 0 fully saturated rings. The molecule has 0 atom stereocenters. The Labute approximate surface area is 145 Å². The first-order chi connectivity index (χ1) is 11.1. The Morgan fingerprint density at radius 2 is 1.74 bits per heavy atom. The molecule has 2 N–H and O–H groups in total. The Bertz CT molecular complexity index is 640. The summed E-state index contributed by atoms with van der Waals surface area (Å²) < 4.78 is 5.35. The summed E-state index contributed by atoms with van der Waals surface area (Å²) in [7, 11) is 0. The first-order valence-electron chi connectivity index (χ1n) is 7.30. The molecule has 0 bridgehead atoms. The molecule has 122 valence electrons. The van der Waals surface area contributed by atoms with Crippen molar-refractivity contribution in [3.63, 3.8) is 0 Å². The Balaban J connectivity index is 1.81. The number of anilines is 2. The van der Waals surface area contributed by atoms with Crippen molar-refractivity contribution < 1.29 is 9.53 Å². The molecule has 2 rings (SSSR count). The lowest BCUT2D eigenvalue weighted by Gasteiger charge is -2.10. The van der Waals surface area contributed by atoms with Crippen LogP contribution in [0, 0.1) is 0 Å². The van der Waals surface area contributed by atoms with Gasteiger partial charge in [-0.05, 0) is 43.3 Å². The summed E-state index contributed by atoms with van der Waals surface area (Å²) in [5, 5.41) is 6.97. The third-order valence-corrected chi connectivity index (χ3v) is 3.70. The predicted octanol–water partition coefficient (Wildman–Crippen LogP) is 4.83. The van der Waals surface area contributed by atoms with Gasteiger partial charge in [0.25, 0.3) is 0 Å². The van der Waals surface area contributed by atoms with Crippen LogP contribution < -0.4 is 15.4 Å². The zero-order valence-electron chi connectivity index (χ0n) is 12.7. The zero-order chi connectivity index (χ0) is 16.7. The fraction of sp³-hybridized carbons (Fsp3) is 0.235. The smallest absolute Gasteiger partial charge is 0.226 e. The van der Waals surface area contributed by atoms with Gasteiger partial charge in [0.05, 0.1) is 22.3 Å². The molecule has 0 saturated heterocycles. The number of ether oxygens (including phenoxy) is 1. The molecule has 2 aromatic rings. The van der Waals surface area contributed by atoms with Crippen LogP contribution in [0.4, 0.5) is 11.4 Å². The van der Waals surface area contributed by atoms with Crippen molar-refractivity contribution in [3.8, 4) is 5.75 Å². The number of nitrogens with one attached hydrogen (secondary N) is 2. The summed E-state index contributed by atoms with van der Waals surface area (Å²) in [5.41, 5.74) is 1.37. The molecule has 0 aliphatic heterocycles. The van der Waals surface area contributed by atoms with Crippen molar-refractivity contribution in [1.82, 2.24) is 0 Å². The van der Waals surface area contributed by atoms with Gasteiger partial charge in [-0.1, -0.05) is 29.3 Å². The van der Waals surface area contributed by atoms with E-state index < -0.39 is 0 Å². The van der Waals surface area contributed by atoms with E-state index in [4.69, 9.17) is 27.9 Å². The molecule has 0 aliphatic rings. The number of para-hydroxylation sites is 1. The topological polar surface area (TPSA) is 50.4 Å². The van der Waals surface area contributed by atoms with Crippen molar-refractivity contribution in [3.05, 3.63) is 52.5 Å². The highest BCUT2D eigenvalue weighted by atomic mass is 35.5. The fourth-order valence-corrected chi connectivity index (χ4v) is 2.52. The summed E-state index contributed by atoms with van der Waals surface area (Å²) in [6.07, 6.45) is 0.300. The molecule has 0 heterocycles. The highest BCUT2D eigenvalue weighted by Crippen LogP contribution is 2.29. The maximum absolute atomic E-state index is 11.9. The molecular formula is C17H18Cl2N2O2. The standard InChI is InChI=1S/C17H18Cl2N2O2/c1-2-23-13-8-6-12(7-9-13)21-16(22)10-11-20-17-14(18)4-3-5-15(17)19/h3-9,20H,2,10-11H2,1H3,(H,21,22). The number of rotatable bonds is 7. The van der Waals surface area contributed by atoms with Crippen LogP contribution in [0.15, 0.2) is 42.5 Å². The second-order valence-corrected chi connectivity index (χ2v) is 5.59. The van der Waals surface area contributed by atoms with Crippen LogP contribution in [0.3, 0.4) is 0 Å². The number of hydrogen-bond donors (Lipinski definition) is 2. The molecule has 0 unspecified atom stereocenters. The largest absolute Gasteiger partial charge is 0.494 e. The van der Waals surface area contributed by atoms with Gasteiger partial charge in [0.15, 0.2) is 0 Å². The Hall–Kier alpha value is -1.91. The van der Waals surface area contributed by atoms with Crippen molar-refractivity contribution in [2.24, 2.45) is 0 Å². The van der Waals surface area contributed by atoms with E-state index in [2.05, 4.69) is 10.6 Å². The van der Waals surface area contributed by atoms with Crippen LogP contribution in [0.1, 0.15) is 13.3 Å². The molecule has 6 heteroatoms. The summed E-state index contributed by atoms with van der Waals surface area (Å²) in [5.74, 6) is 0.686. The van der Waals surface area contributed by atoms with E-state index in [-0.39, 0.29) is 5.91 Å². The van der Waals surface area contributed by atoms with Crippen LogP contribution in [-0.4, -0.2) is 19.1 Å². The van der Waals surface area contributed by atoms with Crippen LogP contribution in [-0.2, 0) is 4.79 Å². The van der Waals surface area contributed by atoms with Crippen molar-refractivity contribution >= 4 is 40.5 Å². The minimum absolute atomic E-state index is 0.0927. The zero-order valence-corrected chi connectivity index (χ0v) is 14.2. The van der Waals surface area contributed by atoms with E-state index in [1.807, 2.05) is 19.1 Å². The number of amides is 1. The molecule has 0 spiro atoms. The molecule has 0 aliphatic carbocycles. The van der Waals surface area contributed by atoms with Crippen LogP contribution >= 0.6 is 23.2 Å². The molecule has 0 radical (unpaired) electrons. The quantitative estimate of drug-likeness (QED) is 0.749. The lowest BCUT2D eigenvalue weighted by atomic mass is 10.2. The summed E-state index contributed by atoms with van der Waals surface area (Å²) in [4.78, 5) is 11.9. The van der Waals surface area contributed by atoms with E-state index in [0.29, 0.717) is 35.3 Å². The Morgan fingerprint density at radius 1 is 1.09 bits per heavy atom. The second kappa shape index (κ2) is 8.65. The van der Waals surface area contributed by atoms with Gasteiger partial charge in [-0.25, -0.2) is 0 Å². The summed E-state index contributed by atoms with van der Waals surface area (Å²) in [6, 6.07) is 12.5. The van der Waals surface area contributed by atoms with Crippen LogP contribution in [0.25, 0.3) is 0 Å². The fourth-order valence-electron chi connectivity index (χ4n) is 1.99. The highest BCUT2D eigenvalue weighted by molar-refractivity contribution is 6.39. The summed E-state index contributed by atoms with van der Waals surface area (Å²) >= 11 is 12.1. The SMILES string of the molecule is CCOc1ccc(NC(=O)CCNc2c(Cl)cccc2Cl)cc1. The predicted molar refractivity (Wildman–Crippen MR) is 95.8 cm³/mol. The average molecular weight is 353 g/mol. The third kappa shape index (κ3) is 5.34. The molecule has 1 amide bonds. The minimum atomic E-state index is -0.0927. The van der Waals surface area contributed by atoms with Gasteiger partial charge in [0.2, 0.25) is 5.91 Å². The lowest BCUT2D eigenvalue weighted by Crippen LogP contribution is -2.16. The molecular weight excluding hydrogens is 335 g/mol. The highest BCUT2D eigenvalue weighted by Gasteiger charge is 2.06. The van der Waals surface area contributed by atoms with E-state index in [1.54, 1.807) is 30.3 Å². The Morgan fingerprint density at radius 3 is 2.35 bits per heavy atom. The number of hydrogen-bond acceptors (Lipinski definition) is 3. The van der Waals surface area contributed by atoms with Gasteiger partial charge in [-0.15, -0.1) is 0 Å². The van der Waals surface area contributed by atoms with E-state index >= 15 is 0 Å². The number of carbonyl (C=O) groups excluding carboxylic acids is 1. The van der Waals surface area contributed by atoms with E-state index in [0.717, 1.165) is 11.4 Å². The summed E-state index contributed by atoms with van der Waals surface area (Å²) in [6.45, 7) is 2.97. The van der Waals surface area contributed by atoms with Crippen molar-refractivity contribution in [1.29, 1.82) is 0 Å². The van der Waals surface area contributed by atoms with Crippen molar-refractivity contribution in [2.75, 3.05) is 23.8 Å². The minimum Gasteiger partial charge on any atom is -0.494 e. The van der Waals surface area contributed by atoms with Crippen molar-refractivity contribution in [2.45, 2.75) is 13.3 Å². The molecule has 0 aromatic heterocycles. The van der Waals surface area contributed by atoms with Gasteiger partial charge < -0.3 is 15.4 Å². The average Bonchev–Trinajstić information content (AvgIpc) is 2.52. The van der Waals surface area contributed by atoms with Crippen LogP contribution in [0.5, 0.6) is 5.75 Å². The molecule has 23 heavy (non-hydrogen) atoms.